The average molecular weight is 284 g/mol. The van der Waals surface area contributed by atoms with Crippen molar-refractivity contribution in [1.29, 1.82) is 0 Å². The van der Waals surface area contributed by atoms with Crippen molar-refractivity contribution in [3.63, 3.8) is 0 Å². The topological polar surface area (TPSA) is 41.5 Å². The normalized spacial score (nSPS) is 11.2. The maximum absolute atomic E-state index is 12.8. The van der Waals surface area contributed by atoms with Gasteiger partial charge in [0, 0.05) is 5.56 Å². The molecule has 4 heteroatoms. The molecule has 2 rings (SSSR count). The second-order valence-corrected chi connectivity index (χ2v) is 4.62. The van der Waals surface area contributed by atoms with Crippen LogP contribution in [0.4, 0.5) is 4.39 Å². The Bertz CT molecular complexity index is 621. The Hall–Kier alpha value is -2.49. The van der Waals surface area contributed by atoms with E-state index < -0.39 is 0 Å². The van der Waals surface area contributed by atoms with E-state index in [0.717, 1.165) is 24.1 Å². The van der Waals surface area contributed by atoms with Crippen LogP contribution in [0.3, 0.4) is 0 Å². The molecule has 0 spiro atoms. The molecule has 0 atom stereocenters. The van der Waals surface area contributed by atoms with Crippen LogP contribution >= 0.6 is 0 Å². The minimum Gasteiger partial charge on any atom is -0.267 e. The van der Waals surface area contributed by atoms with E-state index in [4.69, 9.17) is 0 Å². The second-order valence-electron chi connectivity index (χ2n) is 4.62. The summed E-state index contributed by atoms with van der Waals surface area (Å²) >= 11 is 0. The van der Waals surface area contributed by atoms with Crippen LogP contribution in [0.15, 0.2) is 59.7 Å². The van der Waals surface area contributed by atoms with E-state index in [2.05, 4.69) is 17.5 Å². The van der Waals surface area contributed by atoms with Gasteiger partial charge in [-0.2, -0.15) is 5.10 Å². The van der Waals surface area contributed by atoms with Gasteiger partial charge in [-0.1, -0.05) is 43.7 Å². The fourth-order valence-electron chi connectivity index (χ4n) is 1.92. The highest BCUT2D eigenvalue weighted by Gasteiger charge is 2.06. The summed E-state index contributed by atoms with van der Waals surface area (Å²) in [4.78, 5) is 12.0. The van der Waals surface area contributed by atoms with Gasteiger partial charge in [0.1, 0.15) is 5.82 Å². The molecular weight excluding hydrogens is 267 g/mol. The highest BCUT2D eigenvalue weighted by Crippen LogP contribution is 2.07. The third kappa shape index (κ3) is 4.24. The SMILES string of the molecule is CCC/C(=N\NC(=O)c1ccc(F)cc1)c1ccccc1. The number of amides is 1. The summed E-state index contributed by atoms with van der Waals surface area (Å²) in [6, 6.07) is 15.1. The maximum atomic E-state index is 12.8. The number of hydrogen-bond acceptors (Lipinski definition) is 2. The van der Waals surface area contributed by atoms with Crippen LogP contribution in [0.5, 0.6) is 0 Å². The van der Waals surface area contributed by atoms with Crippen LogP contribution in [0.25, 0.3) is 0 Å². The number of rotatable bonds is 5. The zero-order valence-electron chi connectivity index (χ0n) is 11.8. The molecule has 0 aliphatic rings. The fraction of sp³-hybridized carbons (Fsp3) is 0.176. The molecule has 0 bridgehead atoms. The van der Waals surface area contributed by atoms with Crippen molar-refractivity contribution in [2.24, 2.45) is 5.10 Å². The lowest BCUT2D eigenvalue weighted by atomic mass is 10.1. The van der Waals surface area contributed by atoms with Crippen LogP contribution < -0.4 is 5.43 Å². The highest BCUT2D eigenvalue weighted by atomic mass is 19.1. The number of hydrogen-bond donors (Lipinski definition) is 1. The zero-order chi connectivity index (χ0) is 15.1. The Labute approximate surface area is 123 Å². The highest BCUT2D eigenvalue weighted by molar-refractivity contribution is 6.02. The summed E-state index contributed by atoms with van der Waals surface area (Å²) in [7, 11) is 0. The summed E-state index contributed by atoms with van der Waals surface area (Å²) in [5, 5.41) is 4.21. The molecule has 0 saturated heterocycles. The van der Waals surface area contributed by atoms with Crippen LogP contribution in [0, 0.1) is 5.82 Å². The molecule has 0 unspecified atom stereocenters. The van der Waals surface area contributed by atoms with Gasteiger partial charge in [-0.3, -0.25) is 4.79 Å². The number of nitrogens with zero attached hydrogens (tertiary/aromatic N) is 1. The Morgan fingerprint density at radius 2 is 1.71 bits per heavy atom. The molecule has 108 valence electrons. The molecule has 0 heterocycles. The molecule has 1 N–H and O–H groups in total. The molecule has 0 aromatic heterocycles. The number of benzene rings is 2. The predicted octanol–water partition coefficient (Wildman–Crippen LogP) is 3.76. The van der Waals surface area contributed by atoms with E-state index in [1.165, 1.54) is 24.3 Å². The molecule has 21 heavy (non-hydrogen) atoms. The summed E-state index contributed by atoms with van der Waals surface area (Å²) in [6.07, 6.45) is 1.70. The summed E-state index contributed by atoms with van der Waals surface area (Å²) in [5.41, 5.74) is 4.72. The maximum Gasteiger partial charge on any atom is 0.271 e. The van der Waals surface area contributed by atoms with Crippen LogP contribution in [0.1, 0.15) is 35.7 Å². The first-order chi connectivity index (χ1) is 10.2. The van der Waals surface area contributed by atoms with Crippen molar-refractivity contribution in [1.82, 2.24) is 5.43 Å². The van der Waals surface area contributed by atoms with E-state index in [-0.39, 0.29) is 11.7 Å². The zero-order valence-corrected chi connectivity index (χ0v) is 11.8. The minimum atomic E-state index is -0.369. The van der Waals surface area contributed by atoms with Crippen LogP contribution in [-0.2, 0) is 0 Å². The van der Waals surface area contributed by atoms with Crippen LogP contribution in [0.2, 0.25) is 0 Å². The lowest BCUT2D eigenvalue weighted by Crippen LogP contribution is -2.20. The number of halogens is 1. The Kier molecular flexibility index (Phi) is 5.21. The standard InChI is InChI=1S/C17H17FN2O/c1-2-6-16(13-7-4-3-5-8-13)19-20-17(21)14-9-11-15(18)12-10-14/h3-5,7-12H,2,6H2,1H3,(H,20,21)/b19-16+. The van der Waals surface area contributed by atoms with E-state index in [9.17, 15) is 9.18 Å². The number of carbonyl (C=O) groups excluding carboxylic acids is 1. The average Bonchev–Trinajstić information content (AvgIpc) is 2.52. The lowest BCUT2D eigenvalue weighted by Gasteiger charge is -2.06. The predicted molar refractivity (Wildman–Crippen MR) is 81.8 cm³/mol. The molecule has 0 aliphatic carbocycles. The third-order valence-electron chi connectivity index (χ3n) is 2.99. The van der Waals surface area contributed by atoms with Gasteiger partial charge in [0.2, 0.25) is 0 Å². The molecule has 0 aliphatic heterocycles. The van der Waals surface area contributed by atoms with Gasteiger partial charge in [-0.05, 0) is 36.2 Å². The van der Waals surface area contributed by atoms with E-state index >= 15 is 0 Å². The van der Waals surface area contributed by atoms with Gasteiger partial charge in [-0.25, -0.2) is 9.82 Å². The van der Waals surface area contributed by atoms with Gasteiger partial charge in [0.25, 0.3) is 5.91 Å². The largest absolute Gasteiger partial charge is 0.271 e. The van der Waals surface area contributed by atoms with Crippen molar-refractivity contribution >= 4 is 11.6 Å². The Morgan fingerprint density at radius 1 is 1.05 bits per heavy atom. The number of nitrogens with one attached hydrogen (secondary N) is 1. The van der Waals surface area contributed by atoms with Crippen molar-refractivity contribution < 1.29 is 9.18 Å². The number of carbonyl (C=O) groups is 1. The lowest BCUT2D eigenvalue weighted by molar-refractivity contribution is 0.0954. The van der Waals surface area contributed by atoms with Gasteiger partial charge in [0.05, 0.1) is 5.71 Å². The van der Waals surface area contributed by atoms with Gasteiger partial charge < -0.3 is 0 Å². The molecular formula is C17H17FN2O. The fourth-order valence-corrected chi connectivity index (χ4v) is 1.92. The monoisotopic (exact) mass is 284 g/mol. The molecule has 2 aromatic rings. The van der Waals surface area contributed by atoms with Crippen LogP contribution in [-0.4, -0.2) is 11.6 Å². The van der Waals surface area contributed by atoms with Crippen molar-refractivity contribution in [2.45, 2.75) is 19.8 Å². The number of hydrazone groups is 1. The smallest absolute Gasteiger partial charge is 0.267 e. The molecule has 3 nitrogen and oxygen atoms in total. The van der Waals surface area contributed by atoms with Crippen molar-refractivity contribution in [2.75, 3.05) is 0 Å². The first-order valence-corrected chi connectivity index (χ1v) is 6.88. The van der Waals surface area contributed by atoms with E-state index in [1.54, 1.807) is 0 Å². The third-order valence-corrected chi connectivity index (χ3v) is 2.99. The first-order valence-electron chi connectivity index (χ1n) is 6.88. The molecule has 0 saturated carbocycles. The quantitative estimate of drug-likeness (QED) is 0.659. The van der Waals surface area contributed by atoms with E-state index in [1.807, 2.05) is 30.3 Å². The van der Waals surface area contributed by atoms with Gasteiger partial charge in [0.15, 0.2) is 0 Å². The Balaban J connectivity index is 2.12. The van der Waals surface area contributed by atoms with Gasteiger partial charge >= 0.3 is 0 Å². The summed E-state index contributed by atoms with van der Waals surface area (Å²) < 4.78 is 12.8. The molecule has 1 amide bonds. The Morgan fingerprint density at radius 3 is 2.33 bits per heavy atom. The molecule has 0 radical (unpaired) electrons. The van der Waals surface area contributed by atoms with Gasteiger partial charge in [-0.15, -0.1) is 0 Å². The first kappa shape index (κ1) is 14.9. The van der Waals surface area contributed by atoms with Crippen molar-refractivity contribution in [3.05, 3.63) is 71.5 Å². The minimum absolute atomic E-state index is 0.348. The molecule has 2 aromatic carbocycles. The van der Waals surface area contributed by atoms with E-state index in [0.29, 0.717) is 5.56 Å². The second kappa shape index (κ2) is 7.33. The summed E-state index contributed by atoms with van der Waals surface area (Å²) in [5.74, 6) is -0.717. The van der Waals surface area contributed by atoms with Crippen molar-refractivity contribution in [3.8, 4) is 0 Å². The summed E-state index contributed by atoms with van der Waals surface area (Å²) in [6.45, 7) is 2.06. The molecule has 0 fully saturated rings.